The van der Waals surface area contributed by atoms with Crippen LogP contribution in [0.5, 0.6) is 0 Å². The number of hydrogen-bond donors (Lipinski definition) is 0. The molecule has 0 saturated carbocycles. The molecule has 1 heterocycles. The van der Waals surface area contributed by atoms with E-state index in [0.29, 0.717) is 11.8 Å². The maximum absolute atomic E-state index is 5.57. The molecule has 0 amide bonds. The molecule has 1 rings (SSSR count). The van der Waals surface area contributed by atoms with Gasteiger partial charge in [0.1, 0.15) is 0 Å². The summed E-state index contributed by atoms with van der Waals surface area (Å²) in [6.45, 7) is 1.42. The smallest absolute Gasteiger partial charge is 0.151 e. The first-order valence-corrected chi connectivity index (χ1v) is 3.38. The van der Waals surface area contributed by atoms with Crippen LogP contribution < -0.4 is 0 Å². The maximum Gasteiger partial charge on any atom is 0.151 e. The zero-order valence-corrected chi connectivity index (χ0v) is 6.51. The van der Waals surface area contributed by atoms with Gasteiger partial charge in [0.05, 0.1) is 13.2 Å². The summed E-state index contributed by atoms with van der Waals surface area (Å²) in [5.41, 5.74) is 0. The van der Waals surface area contributed by atoms with Gasteiger partial charge in [0.15, 0.2) is 5.15 Å². The third kappa shape index (κ3) is 2.01. The van der Waals surface area contributed by atoms with Crippen LogP contribution in [0.2, 0.25) is 5.15 Å². The van der Waals surface area contributed by atoms with Crippen LogP contribution in [0, 0.1) is 0 Å². The van der Waals surface area contributed by atoms with Gasteiger partial charge in [0.25, 0.3) is 0 Å². The highest BCUT2D eigenvalue weighted by molar-refractivity contribution is 6.29. The molecule has 56 valence electrons. The van der Waals surface area contributed by atoms with Gasteiger partial charge in [0, 0.05) is 13.3 Å². The van der Waals surface area contributed by atoms with E-state index in [9.17, 15) is 0 Å². The van der Waals surface area contributed by atoms with E-state index in [4.69, 9.17) is 16.3 Å². The molecular weight excluding hydrogens is 152 g/mol. The second kappa shape index (κ2) is 3.58. The third-order valence-electron chi connectivity index (χ3n) is 1.13. The zero-order valence-electron chi connectivity index (χ0n) is 5.75. The zero-order chi connectivity index (χ0) is 7.40. The van der Waals surface area contributed by atoms with Crippen molar-refractivity contribution in [1.82, 2.24) is 9.78 Å². The van der Waals surface area contributed by atoms with Crippen molar-refractivity contribution in [2.24, 2.45) is 0 Å². The third-order valence-corrected chi connectivity index (χ3v) is 1.33. The van der Waals surface area contributed by atoms with Gasteiger partial charge >= 0.3 is 0 Å². The van der Waals surface area contributed by atoms with Crippen molar-refractivity contribution in [3.63, 3.8) is 0 Å². The van der Waals surface area contributed by atoms with Crippen molar-refractivity contribution < 1.29 is 4.74 Å². The van der Waals surface area contributed by atoms with Crippen LogP contribution in [-0.2, 0) is 11.3 Å². The van der Waals surface area contributed by atoms with Gasteiger partial charge in [-0.05, 0) is 6.07 Å². The number of rotatable bonds is 3. The Morgan fingerprint density at radius 2 is 2.60 bits per heavy atom. The molecule has 0 aliphatic heterocycles. The molecule has 0 atom stereocenters. The van der Waals surface area contributed by atoms with Crippen molar-refractivity contribution in [3.8, 4) is 0 Å². The highest BCUT2D eigenvalue weighted by atomic mass is 35.5. The summed E-state index contributed by atoms with van der Waals surface area (Å²) in [5, 5.41) is 4.47. The maximum atomic E-state index is 5.57. The van der Waals surface area contributed by atoms with Crippen LogP contribution in [0.3, 0.4) is 0 Å². The van der Waals surface area contributed by atoms with E-state index >= 15 is 0 Å². The molecule has 0 spiro atoms. The molecular formula is C6H9ClN2O. The van der Waals surface area contributed by atoms with Gasteiger partial charge in [-0.2, -0.15) is 5.10 Å². The number of hydrogen-bond acceptors (Lipinski definition) is 2. The van der Waals surface area contributed by atoms with Crippen LogP contribution in [0.15, 0.2) is 12.3 Å². The predicted molar refractivity (Wildman–Crippen MR) is 39.1 cm³/mol. The lowest BCUT2D eigenvalue weighted by molar-refractivity contribution is 0.183. The Morgan fingerprint density at radius 3 is 3.10 bits per heavy atom. The largest absolute Gasteiger partial charge is 0.383 e. The molecule has 0 saturated heterocycles. The first-order valence-electron chi connectivity index (χ1n) is 3.01. The fourth-order valence-electron chi connectivity index (χ4n) is 0.646. The summed E-state index contributed by atoms with van der Waals surface area (Å²) >= 11 is 5.57. The summed E-state index contributed by atoms with van der Waals surface area (Å²) in [4.78, 5) is 0. The Bertz CT molecular complexity index is 199. The Hall–Kier alpha value is -0.540. The molecule has 0 aliphatic carbocycles. The fourth-order valence-corrected chi connectivity index (χ4v) is 0.800. The van der Waals surface area contributed by atoms with Crippen LogP contribution in [0.1, 0.15) is 0 Å². The monoisotopic (exact) mass is 160 g/mol. The number of halogens is 1. The van der Waals surface area contributed by atoms with E-state index in [-0.39, 0.29) is 0 Å². The summed E-state index contributed by atoms with van der Waals surface area (Å²) < 4.78 is 6.59. The topological polar surface area (TPSA) is 27.1 Å². The van der Waals surface area contributed by atoms with E-state index in [2.05, 4.69) is 5.10 Å². The Balaban J connectivity index is 2.42. The average molecular weight is 161 g/mol. The predicted octanol–water partition coefficient (Wildman–Crippen LogP) is 1.18. The second-order valence-corrected chi connectivity index (χ2v) is 2.28. The van der Waals surface area contributed by atoms with Gasteiger partial charge in [0.2, 0.25) is 0 Å². The van der Waals surface area contributed by atoms with E-state index in [1.54, 1.807) is 17.9 Å². The number of aromatic nitrogens is 2. The Kier molecular flexibility index (Phi) is 2.71. The van der Waals surface area contributed by atoms with Gasteiger partial charge in [-0.1, -0.05) is 11.6 Å². The highest BCUT2D eigenvalue weighted by Crippen LogP contribution is 2.01. The number of methoxy groups -OCH3 is 1. The summed E-state index contributed by atoms with van der Waals surface area (Å²) in [6, 6.07) is 1.75. The molecule has 0 unspecified atom stereocenters. The van der Waals surface area contributed by atoms with Crippen molar-refractivity contribution in [3.05, 3.63) is 17.4 Å². The van der Waals surface area contributed by atoms with Crippen LogP contribution in [0.4, 0.5) is 0 Å². The first kappa shape index (κ1) is 7.57. The normalized spacial score (nSPS) is 10.2. The minimum atomic E-state index is 0.524. The summed E-state index contributed by atoms with van der Waals surface area (Å²) in [7, 11) is 1.66. The van der Waals surface area contributed by atoms with Crippen molar-refractivity contribution in [2.45, 2.75) is 6.54 Å². The lowest BCUT2D eigenvalue weighted by Crippen LogP contribution is -2.03. The molecule has 0 bridgehead atoms. The van der Waals surface area contributed by atoms with Gasteiger partial charge in [-0.3, -0.25) is 4.68 Å². The average Bonchev–Trinajstić information content (AvgIpc) is 2.31. The molecule has 3 nitrogen and oxygen atoms in total. The first-order chi connectivity index (χ1) is 4.83. The van der Waals surface area contributed by atoms with Crippen molar-refractivity contribution in [1.29, 1.82) is 0 Å². The quantitative estimate of drug-likeness (QED) is 0.664. The highest BCUT2D eigenvalue weighted by Gasteiger charge is 1.92. The van der Waals surface area contributed by atoms with E-state index in [0.717, 1.165) is 6.54 Å². The van der Waals surface area contributed by atoms with Crippen LogP contribution >= 0.6 is 11.6 Å². The van der Waals surface area contributed by atoms with Crippen LogP contribution in [0.25, 0.3) is 0 Å². The number of ether oxygens (including phenoxy) is 1. The molecule has 4 heteroatoms. The van der Waals surface area contributed by atoms with Gasteiger partial charge < -0.3 is 4.74 Å². The van der Waals surface area contributed by atoms with Crippen molar-refractivity contribution >= 4 is 11.6 Å². The minimum absolute atomic E-state index is 0.524. The minimum Gasteiger partial charge on any atom is -0.383 e. The standard InChI is InChI=1S/C6H9ClN2O/c1-10-5-4-9-3-2-6(7)8-9/h2-3H,4-5H2,1H3. The second-order valence-electron chi connectivity index (χ2n) is 1.89. The lowest BCUT2D eigenvalue weighted by atomic mass is 10.7. The molecule has 0 N–H and O–H groups in total. The molecule has 0 radical (unpaired) electrons. The fraction of sp³-hybridized carbons (Fsp3) is 0.500. The van der Waals surface area contributed by atoms with Crippen LogP contribution in [-0.4, -0.2) is 23.5 Å². The lowest BCUT2D eigenvalue weighted by Gasteiger charge is -1.97. The van der Waals surface area contributed by atoms with Crippen molar-refractivity contribution in [2.75, 3.05) is 13.7 Å². The van der Waals surface area contributed by atoms with E-state index in [1.807, 2.05) is 6.20 Å². The molecule has 1 aromatic heterocycles. The molecule has 1 aromatic rings. The molecule has 10 heavy (non-hydrogen) atoms. The Labute approximate surface area is 64.6 Å². The SMILES string of the molecule is COCCn1ccc(Cl)n1. The van der Waals surface area contributed by atoms with Gasteiger partial charge in [-0.25, -0.2) is 0 Å². The summed E-state index contributed by atoms with van der Waals surface area (Å²) in [5.74, 6) is 0. The Morgan fingerprint density at radius 1 is 1.80 bits per heavy atom. The molecule has 0 fully saturated rings. The van der Waals surface area contributed by atoms with E-state index < -0.39 is 0 Å². The molecule has 0 aliphatic rings. The summed E-state index contributed by atoms with van der Waals surface area (Å²) in [6.07, 6.45) is 1.82. The number of nitrogens with zero attached hydrogens (tertiary/aromatic N) is 2. The van der Waals surface area contributed by atoms with Gasteiger partial charge in [-0.15, -0.1) is 0 Å². The van der Waals surface area contributed by atoms with E-state index in [1.165, 1.54) is 0 Å². The molecule has 0 aromatic carbocycles.